The van der Waals surface area contributed by atoms with Gasteiger partial charge in [0, 0.05) is 20.3 Å². The fraction of sp³-hybridized carbons (Fsp3) is 0.333. The first kappa shape index (κ1) is 18.5. The minimum absolute atomic E-state index is 0. The van der Waals surface area contributed by atoms with Crippen molar-refractivity contribution >= 4 is 0 Å². The molecule has 0 aliphatic heterocycles. The second-order valence-corrected chi connectivity index (χ2v) is 1.96. The van der Waals surface area contributed by atoms with Crippen LogP contribution in [0.1, 0.15) is 0 Å². The predicted molar refractivity (Wildman–Crippen MR) is 55.2 cm³/mol. The zero-order valence-corrected chi connectivity index (χ0v) is 8.49. The van der Waals surface area contributed by atoms with E-state index in [0.29, 0.717) is 6.79 Å². The molecule has 0 unspecified atom stereocenters. The maximum absolute atomic E-state index is 8.55. The van der Waals surface area contributed by atoms with E-state index in [-0.39, 0.29) is 17.0 Å². The van der Waals surface area contributed by atoms with Gasteiger partial charge >= 0.3 is 0 Å². The van der Waals surface area contributed by atoms with Crippen LogP contribution in [0.3, 0.4) is 0 Å². The molecule has 0 spiro atoms. The second kappa shape index (κ2) is 14.2. The van der Waals surface area contributed by atoms with Crippen LogP contribution in [0.4, 0.5) is 0 Å². The molecule has 4 N–H and O–H groups in total. The third kappa shape index (κ3) is 22.4. The lowest BCUT2D eigenvalue weighted by Gasteiger charge is -1.87. The van der Waals surface area contributed by atoms with Gasteiger partial charge in [0.05, 0.1) is 0 Å². The molecule has 5 nitrogen and oxygen atoms in total. The zero-order valence-electron chi connectivity index (χ0n) is 8.49. The summed E-state index contributed by atoms with van der Waals surface area (Å²) in [6.45, 7) is 6.75. The van der Waals surface area contributed by atoms with Gasteiger partial charge in [-0.3, -0.25) is 0 Å². The lowest BCUT2D eigenvalue weighted by molar-refractivity contribution is -0.00271. The summed E-state index contributed by atoms with van der Waals surface area (Å²) in [4.78, 5) is 0. The SMILES string of the molecule is C=C/C(O)=C\C(=C)O.COCOC.O. The fourth-order valence-corrected chi connectivity index (χ4v) is 0.347. The van der Waals surface area contributed by atoms with Crippen LogP contribution in [0, 0.1) is 0 Å². The molecule has 0 saturated carbocycles. The van der Waals surface area contributed by atoms with Gasteiger partial charge in [-0.15, -0.1) is 0 Å². The Morgan fingerprint density at radius 2 is 1.71 bits per heavy atom. The molecule has 14 heavy (non-hydrogen) atoms. The summed E-state index contributed by atoms with van der Waals surface area (Å²) in [5.74, 6) is -0.264. The van der Waals surface area contributed by atoms with Crippen LogP contribution in [-0.2, 0) is 9.47 Å². The molecular weight excluding hydrogens is 188 g/mol. The highest BCUT2D eigenvalue weighted by molar-refractivity contribution is 5.16. The Morgan fingerprint density at radius 3 is 1.79 bits per heavy atom. The van der Waals surface area contributed by atoms with Gasteiger partial charge in [0.25, 0.3) is 0 Å². The number of hydrogen-bond donors (Lipinski definition) is 2. The molecule has 0 aliphatic carbocycles. The normalized spacial score (nSPS) is 9.14. The first-order valence-electron chi connectivity index (χ1n) is 3.47. The third-order valence-electron chi connectivity index (χ3n) is 0.759. The predicted octanol–water partition coefficient (Wildman–Crippen LogP) is 1.10. The topological polar surface area (TPSA) is 90.4 Å². The van der Waals surface area contributed by atoms with E-state index in [1.807, 2.05) is 0 Å². The highest BCUT2D eigenvalue weighted by Crippen LogP contribution is 1.92. The Morgan fingerprint density at radius 1 is 1.29 bits per heavy atom. The Labute approximate surface area is 83.9 Å². The van der Waals surface area contributed by atoms with Gasteiger partial charge in [-0.1, -0.05) is 13.2 Å². The van der Waals surface area contributed by atoms with E-state index < -0.39 is 0 Å². The number of methoxy groups -OCH3 is 2. The molecule has 84 valence electrons. The molecule has 0 aromatic rings. The van der Waals surface area contributed by atoms with Gasteiger partial charge in [0.2, 0.25) is 0 Å². The average Bonchev–Trinajstić information content (AvgIpc) is 2.06. The van der Waals surface area contributed by atoms with Crippen molar-refractivity contribution in [1.29, 1.82) is 0 Å². The largest absolute Gasteiger partial charge is 0.508 e. The van der Waals surface area contributed by atoms with Gasteiger partial charge in [-0.25, -0.2) is 0 Å². The zero-order chi connectivity index (χ0) is 10.7. The van der Waals surface area contributed by atoms with Gasteiger partial charge in [-0.05, 0) is 6.08 Å². The summed E-state index contributed by atoms with van der Waals surface area (Å²) in [5.41, 5.74) is 0. The number of allylic oxidation sites excluding steroid dienone is 2. The van der Waals surface area contributed by atoms with Crippen LogP contribution < -0.4 is 0 Å². The first-order valence-corrected chi connectivity index (χ1v) is 3.47. The highest BCUT2D eigenvalue weighted by Gasteiger charge is 1.82. The summed E-state index contributed by atoms with van der Waals surface area (Å²) in [5, 5.41) is 16.9. The molecular formula is C9H18O5. The smallest absolute Gasteiger partial charge is 0.145 e. The van der Waals surface area contributed by atoms with Crippen molar-refractivity contribution in [3.63, 3.8) is 0 Å². The van der Waals surface area contributed by atoms with E-state index in [9.17, 15) is 0 Å². The van der Waals surface area contributed by atoms with Crippen molar-refractivity contribution < 1.29 is 25.2 Å². The monoisotopic (exact) mass is 206 g/mol. The minimum atomic E-state index is -0.178. The van der Waals surface area contributed by atoms with Crippen molar-refractivity contribution in [2.45, 2.75) is 0 Å². The van der Waals surface area contributed by atoms with Crippen LogP contribution in [0.25, 0.3) is 0 Å². The Balaban J connectivity index is -0.000000177. The molecule has 0 aliphatic rings. The van der Waals surface area contributed by atoms with Gasteiger partial charge in [0.1, 0.15) is 18.3 Å². The van der Waals surface area contributed by atoms with E-state index in [1.54, 1.807) is 14.2 Å². The Kier molecular flexibility index (Phi) is 18.8. The molecule has 0 bridgehead atoms. The minimum Gasteiger partial charge on any atom is -0.508 e. The quantitative estimate of drug-likeness (QED) is 0.409. The van der Waals surface area contributed by atoms with Crippen LogP contribution in [0.5, 0.6) is 0 Å². The molecule has 0 rings (SSSR count). The number of ether oxygens (including phenoxy) is 2. The van der Waals surface area contributed by atoms with Crippen LogP contribution >= 0.6 is 0 Å². The average molecular weight is 206 g/mol. The van der Waals surface area contributed by atoms with Gasteiger partial charge < -0.3 is 25.2 Å². The Hall–Kier alpha value is -1.30. The van der Waals surface area contributed by atoms with Crippen LogP contribution in [0.2, 0.25) is 0 Å². The van der Waals surface area contributed by atoms with E-state index >= 15 is 0 Å². The van der Waals surface area contributed by atoms with Crippen molar-refractivity contribution in [1.82, 2.24) is 0 Å². The molecule has 0 saturated heterocycles. The lowest BCUT2D eigenvalue weighted by Crippen LogP contribution is -1.87. The molecule has 0 amide bonds. The molecule has 0 fully saturated rings. The number of rotatable bonds is 4. The van der Waals surface area contributed by atoms with Crippen LogP contribution in [0.15, 0.2) is 36.8 Å². The second-order valence-electron chi connectivity index (χ2n) is 1.96. The van der Waals surface area contributed by atoms with Crippen molar-refractivity contribution in [2.24, 2.45) is 0 Å². The first-order chi connectivity index (χ1) is 6.08. The van der Waals surface area contributed by atoms with E-state index in [2.05, 4.69) is 22.6 Å². The fourth-order valence-electron chi connectivity index (χ4n) is 0.347. The number of aliphatic hydroxyl groups is 2. The van der Waals surface area contributed by atoms with Crippen molar-refractivity contribution in [3.05, 3.63) is 36.8 Å². The number of hydrogen-bond acceptors (Lipinski definition) is 4. The van der Waals surface area contributed by atoms with E-state index in [1.165, 1.54) is 6.08 Å². The van der Waals surface area contributed by atoms with Gasteiger partial charge in [0.15, 0.2) is 0 Å². The van der Waals surface area contributed by atoms with Gasteiger partial charge in [-0.2, -0.15) is 0 Å². The highest BCUT2D eigenvalue weighted by atomic mass is 16.6. The molecule has 0 atom stereocenters. The summed E-state index contributed by atoms with van der Waals surface area (Å²) >= 11 is 0. The lowest BCUT2D eigenvalue weighted by atomic mass is 10.4. The summed E-state index contributed by atoms with van der Waals surface area (Å²) < 4.78 is 8.94. The Bertz CT molecular complexity index is 172. The third-order valence-corrected chi connectivity index (χ3v) is 0.759. The summed E-state index contributed by atoms with van der Waals surface area (Å²) in [7, 11) is 3.17. The molecule has 5 heteroatoms. The molecule has 0 aromatic heterocycles. The van der Waals surface area contributed by atoms with E-state index in [4.69, 9.17) is 10.2 Å². The summed E-state index contributed by atoms with van der Waals surface area (Å²) in [6.07, 6.45) is 2.31. The maximum Gasteiger partial charge on any atom is 0.145 e. The van der Waals surface area contributed by atoms with Crippen molar-refractivity contribution in [3.8, 4) is 0 Å². The standard InChI is InChI=1S/C6H8O2.C3H8O2.H2O/c1-3-6(8)4-5(2)7;1-4-3-5-2;/h3-4,7-8H,1-2H2;3H2,1-2H3;1H2/b6-4+;;. The van der Waals surface area contributed by atoms with Crippen LogP contribution in [-0.4, -0.2) is 36.7 Å². The van der Waals surface area contributed by atoms with Crippen molar-refractivity contribution in [2.75, 3.05) is 21.0 Å². The maximum atomic E-state index is 8.55. The molecule has 0 heterocycles. The summed E-state index contributed by atoms with van der Waals surface area (Å²) in [6, 6.07) is 0. The number of aliphatic hydroxyl groups excluding tert-OH is 2. The molecule has 0 radical (unpaired) electrons. The van der Waals surface area contributed by atoms with E-state index in [0.717, 1.165) is 6.08 Å². The molecule has 0 aromatic carbocycles.